The van der Waals surface area contributed by atoms with Crippen LogP contribution in [0.2, 0.25) is 0 Å². The molecule has 1 N–H and O–H groups in total. The number of hydrogen-bond donors (Lipinski definition) is 1. The Labute approximate surface area is 155 Å². The van der Waals surface area contributed by atoms with Gasteiger partial charge in [0.25, 0.3) is 5.89 Å². The Balaban J connectivity index is 1.37. The van der Waals surface area contributed by atoms with Crippen molar-refractivity contribution >= 4 is 21.8 Å². The number of ether oxygens (including phenoxy) is 1. The maximum Gasteiger partial charge on any atom is 0.264 e. The average Bonchev–Trinajstić information content (AvgIpc) is 3.31. The van der Waals surface area contributed by atoms with Crippen LogP contribution in [0.1, 0.15) is 11.5 Å². The fourth-order valence-electron chi connectivity index (χ4n) is 3.32. The van der Waals surface area contributed by atoms with Gasteiger partial charge in [-0.25, -0.2) is 0 Å². The van der Waals surface area contributed by atoms with Gasteiger partial charge in [0.1, 0.15) is 5.75 Å². The summed E-state index contributed by atoms with van der Waals surface area (Å²) < 4.78 is 11.2. The Morgan fingerprint density at radius 1 is 0.926 bits per heavy atom. The van der Waals surface area contributed by atoms with E-state index < -0.39 is 0 Å². The highest BCUT2D eigenvalue weighted by atomic mass is 16.5. The zero-order chi connectivity index (χ0) is 18.2. The summed E-state index contributed by atoms with van der Waals surface area (Å²) in [5, 5.41) is 6.45. The van der Waals surface area contributed by atoms with Crippen LogP contribution < -0.4 is 4.74 Å². The largest absolute Gasteiger partial charge is 0.484 e. The van der Waals surface area contributed by atoms with Crippen LogP contribution in [0.15, 0.2) is 71.3 Å². The van der Waals surface area contributed by atoms with Gasteiger partial charge in [0.2, 0.25) is 5.82 Å². The molecule has 2 heterocycles. The standard InChI is InChI=1S/C22H17N3O2/c1-14-6-2-3-7-16(14)22-24-21(27-25-22)13-26-15-10-11-18-17-8-4-5-9-19(17)23-20(18)12-15/h2-12,23H,13H2,1H3. The summed E-state index contributed by atoms with van der Waals surface area (Å²) in [5.74, 6) is 1.78. The molecule has 5 nitrogen and oxygen atoms in total. The molecule has 0 spiro atoms. The van der Waals surface area contributed by atoms with E-state index in [9.17, 15) is 0 Å². The molecule has 0 bridgehead atoms. The molecule has 0 amide bonds. The summed E-state index contributed by atoms with van der Waals surface area (Å²) in [6.07, 6.45) is 0. The van der Waals surface area contributed by atoms with Gasteiger partial charge in [-0.05, 0) is 30.7 Å². The number of rotatable bonds is 4. The minimum atomic E-state index is 0.227. The molecule has 0 aliphatic carbocycles. The number of aromatic amines is 1. The van der Waals surface area contributed by atoms with Crippen LogP contribution in [0, 0.1) is 6.92 Å². The van der Waals surface area contributed by atoms with E-state index in [0.29, 0.717) is 11.7 Å². The number of aryl methyl sites for hydroxylation is 1. The second kappa shape index (κ2) is 6.29. The third-order valence-electron chi connectivity index (χ3n) is 4.69. The van der Waals surface area contributed by atoms with Crippen molar-refractivity contribution in [3.05, 3.63) is 78.2 Å². The summed E-state index contributed by atoms with van der Waals surface area (Å²) in [4.78, 5) is 7.86. The van der Waals surface area contributed by atoms with Gasteiger partial charge < -0.3 is 14.2 Å². The number of nitrogens with one attached hydrogen (secondary N) is 1. The number of fused-ring (bicyclic) bond motifs is 3. The van der Waals surface area contributed by atoms with Gasteiger partial charge in [-0.2, -0.15) is 4.98 Å². The fourth-order valence-corrected chi connectivity index (χ4v) is 3.32. The maximum absolute atomic E-state index is 5.86. The highest BCUT2D eigenvalue weighted by Crippen LogP contribution is 2.28. The van der Waals surface area contributed by atoms with Crippen molar-refractivity contribution < 1.29 is 9.26 Å². The first-order valence-electron chi connectivity index (χ1n) is 8.80. The van der Waals surface area contributed by atoms with Gasteiger partial charge in [0, 0.05) is 27.9 Å². The minimum Gasteiger partial charge on any atom is -0.484 e. The molecule has 3 aromatic carbocycles. The molecule has 0 unspecified atom stereocenters. The van der Waals surface area contributed by atoms with E-state index in [1.165, 1.54) is 10.8 Å². The molecular weight excluding hydrogens is 338 g/mol. The van der Waals surface area contributed by atoms with Crippen LogP contribution in [-0.2, 0) is 6.61 Å². The van der Waals surface area contributed by atoms with E-state index >= 15 is 0 Å². The summed E-state index contributed by atoms with van der Waals surface area (Å²) in [6.45, 7) is 2.25. The first-order chi connectivity index (χ1) is 13.3. The minimum absolute atomic E-state index is 0.227. The molecule has 2 aromatic heterocycles. The fraction of sp³-hybridized carbons (Fsp3) is 0.0909. The number of aromatic nitrogens is 3. The van der Waals surface area contributed by atoms with Gasteiger partial charge in [-0.1, -0.05) is 47.6 Å². The van der Waals surface area contributed by atoms with Crippen molar-refractivity contribution in [3.63, 3.8) is 0 Å². The van der Waals surface area contributed by atoms with E-state index in [1.807, 2.05) is 55.5 Å². The van der Waals surface area contributed by atoms with E-state index in [2.05, 4.69) is 33.3 Å². The van der Waals surface area contributed by atoms with Crippen molar-refractivity contribution in [3.8, 4) is 17.1 Å². The Kier molecular flexibility index (Phi) is 3.64. The number of nitrogens with zero attached hydrogens (tertiary/aromatic N) is 2. The lowest BCUT2D eigenvalue weighted by atomic mass is 10.1. The normalized spacial score (nSPS) is 11.3. The van der Waals surface area contributed by atoms with E-state index in [0.717, 1.165) is 27.9 Å². The predicted octanol–water partition coefficient (Wildman–Crippen LogP) is 5.26. The lowest BCUT2D eigenvalue weighted by molar-refractivity contribution is 0.243. The smallest absolute Gasteiger partial charge is 0.264 e. The van der Waals surface area contributed by atoms with Crippen LogP contribution in [0.5, 0.6) is 5.75 Å². The quantitative estimate of drug-likeness (QED) is 0.478. The van der Waals surface area contributed by atoms with Crippen molar-refractivity contribution in [1.29, 1.82) is 0 Å². The first kappa shape index (κ1) is 15.6. The maximum atomic E-state index is 5.86. The Morgan fingerprint density at radius 2 is 1.74 bits per heavy atom. The number of benzene rings is 3. The second-order valence-electron chi connectivity index (χ2n) is 6.49. The van der Waals surface area contributed by atoms with Crippen LogP contribution in [-0.4, -0.2) is 15.1 Å². The van der Waals surface area contributed by atoms with Crippen molar-refractivity contribution in [2.45, 2.75) is 13.5 Å². The summed E-state index contributed by atoms with van der Waals surface area (Å²) in [7, 11) is 0. The van der Waals surface area contributed by atoms with Gasteiger partial charge in [0.05, 0.1) is 5.52 Å². The van der Waals surface area contributed by atoms with Crippen LogP contribution >= 0.6 is 0 Å². The molecule has 0 fully saturated rings. The number of hydrogen-bond acceptors (Lipinski definition) is 4. The molecule has 0 atom stereocenters. The first-order valence-corrected chi connectivity index (χ1v) is 8.80. The topological polar surface area (TPSA) is 63.9 Å². The highest BCUT2D eigenvalue weighted by Gasteiger charge is 2.11. The molecule has 0 aliphatic heterocycles. The third-order valence-corrected chi connectivity index (χ3v) is 4.69. The molecule has 0 saturated carbocycles. The van der Waals surface area contributed by atoms with Gasteiger partial charge in [0.15, 0.2) is 6.61 Å². The lowest BCUT2D eigenvalue weighted by Crippen LogP contribution is -1.95. The van der Waals surface area contributed by atoms with Crippen LogP contribution in [0.25, 0.3) is 33.2 Å². The Hall–Kier alpha value is -3.60. The van der Waals surface area contributed by atoms with E-state index in [1.54, 1.807) is 0 Å². The Morgan fingerprint density at radius 3 is 2.67 bits per heavy atom. The van der Waals surface area contributed by atoms with Gasteiger partial charge >= 0.3 is 0 Å². The monoisotopic (exact) mass is 355 g/mol. The average molecular weight is 355 g/mol. The second-order valence-corrected chi connectivity index (χ2v) is 6.49. The van der Waals surface area contributed by atoms with E-state index in [-0.39, 0.29) is 6.61 Å². The summed E-state index contributed by atoms with van der Waals surface area (Å²) >= 11 is 0. The highest BCUT2D eigenvalue weighted by molar-refractivity contribution is 6.07. The van der Waals surface area contributed by atoms with Crippen LogP contribution in [0.3, 0.4) is 0 Å². The molecule has 0 saturated heterocycles. The lowest BCUT2D eigenvalue weighted by Gasteiger charge is -2.03. The molecule has 5 heteroatoms. The van der Waals surface area contributed by atoms with Crippen molar-refractivity contribution in [2.75, 3.05) is 0 Å². The van der Waals surface area contributed by atoms with Crippen molar-refractivity contribution in [2.24, 2.45) is 0 Å². The van der Waals surface area contributed by atoms with E-state index in [4.69, 9.17) is 9.26 Å². The third kappa shape index (κ3) is 2.83. The zero-order valence-electron chi connectivity index (χ0n) is 14.8. The molecular formula is C22H17N3O2. The number of H-pyrrole nitrogens is 1. The molecule has 5 rings (SSSR count). The van der Waals surface area contributed by atoms with Gasteiger partial charge in [-0.3, -0.25) is 0 Å². The SMILES string of the molecule is Cc1ccccc1-c1noc(COc2ccc3c(c2)[nH]c2ccccc23)n1. The molecule has 0 radical (unpaired) electrons. The Bertz CT molecular complexity index is 1250. The van der Waals surface area contributed by atoms with Gasteiger partial charge in [-0.15, -0.1) is 0 Å². The summed E-state index contributed by atoms with van der Waals surface area (Å²) in [6, 6.07) is 22.2. The van der Waals surface area contributed by atoms with Crippen LogP contribution in [0.4, 0.5) is 0 Å². The predicted molar refractivity (Wildman–Crippen MR) is 105 cm³/mol. The van der Waals surface area contributed by atoms with Crippen molar-refractivity contribution in [1.82, 2.24) is 15.1 Å². The number of para-hydroxylation sites is 1. The summed E-state index contributed by atoms with van der Waals surface area (Å²) in [5.41, 5.74) is 4.23. The molecule has 5 aromatic rings. The molecule has 132 valence electrons. The molecule has 27 heavy (non-hydrogen) atoms. The zero-order valence-corrected chi connectivity index (χ0v) is 14.8. The molecule has 0 aliphatic rings.